The number of thiocarbonyl (C=S) groups is 1. The maximum atomic E-state index is 12.9. The Morgan fingerprint density at radius 2 is 1.79 bits per heavy atom. The number of hydrogen-bond donors (Lipinski definition) is 0. The van der Waals surface area contributed by atoms with Crippen molar-refractivity contribution in [3.05, 3.63) is 63.0 Å². The number of benzene rings is 2. The maximum absolute atomic E-state index is 12.9. The van der Waals surface area contributed by atoms with Gasteiger partial charge in [-0.1, -0.05) is 54.3 Å². The molecule has 0 spiro atoms. The van der Waals surface area contributed by atoms with Gasteiger partial charge in [0.1, 0.15) is 15.8 Å². The van der Waals surface area contributed by atoms with Gasteiger partial charge in [0.05, 0.1) is 22.6 Å². The van der Waals surface area contributed by atoms with E-state index >= 15 is 0 Å². The van der Waals surface area contributed by atoms with E-state index in [9.17, 15) is 4.79 Å². The van der Waals surface area contributed by atoms with Crippen molar-refractivity contribution in [1.82, 2.24) is 4.90 Å². The molecular weight excluding hydrogens is 470 g/mol. The zero-order valence-electron chi connectivity index (χ0n) is 16.3. The highest BCUT2D eigenvalue weighted by Crippen LogP contribution is 2.38. The van der Waals surface area contributed by atoms with Crippen LogP contribution in [-0.4, -0.2) is 34.9 Å². The molecule has 0 radical (unpaired) electrons. The Kier molecular flexibility index (Phi) is 7.75. The number of hydrogen-bond acceptors (Lipinski definition) is 5. The van der Waals surface area contributed by atoms with Gasteiger partial charge in [-0.25, -0.2) is 0 Å². The second-order valence-corrected chi connectivity index (χ2v) is 8.79. The molecule has 29 heavy (non-hydrogen) atoms. The van der Waals surface area contributed by atoms with Crippen LogP contribution in [0.3, 0.4) is 0 Å². The molecule has 1 saturated heterocycles. The predicted octanol–water partition coefficient (Wildman–Crippen LogP) is 5.69. The third kappa shape index (κ3) is 5.41. The van der Waals surface area contributed by atoms with E-state index in [1.54, 1.807) is 4.90 Å². The second kappa shape index (κ2) is 10.3. The normalized spacial score (nSPS) is 15.3. The number of carbonyl (C=O) groups is 1. The molecule has 0 saturated carbocycles. The van der Waals surface area contributed by atoms with E-state index in [0.717, 1.165) is 16.5 Å². The summed E-state index contributed by atoms with van der Waals surface area (Å²) in [6, 6.07) is 13.8. The molecule has 1 fully saturated rings. The Balaban J connectivity index is 1.82. The molecule has 0 aliphatic carbocycles. The van der Waals surface area contributed by atoms with Crippen molar-refractivity contribution in [2.24, 2.45) is 0 Å². The molecule has 4 nitrogen and oxygen atoms in total. The van der Waals surface area contributed by atoms with E-state index in [1.165, 1.54) is 17.3 Å². The van der Waals surface area contributed by atoms with Gasteiger partial charge in [0.2, 0.25) is 0 Å². The lowest BCUT2D eigenvalue weighted by Crippen LogP contribution is -2.30. The summed E-state index contributed by atoms with van der Waals surface area (Å²) in [5, 5.41) is 0. The molecule has 1 aliphatic rings. The van der Waals surface area contributed by atoms with Gasteiger partial charge in [-0.15, -0.1) is 0 Å². The quantitative estimate of drug-likeness (QED) is 0.350. The standard InChI is InChI=1S/C22H22BrNO3S2/c1-3-26-18-14-19(27-4-2)17(23)12-16(18)13-20-21(25)24(22(28)29-20)11-10-15-8-6-5-7-9-15/h5-9,12-14H,3-4,10-11H2,1-2H3/b20-13-. The van der Waals surface area contributed by atoms with E-state index in [2.05, 4.69) is 28.1 Å². The summed E-state index contributed by atoms with van der Waals surface area (Å²) >= 11 is 10.3. The summed E-state index contributed by atoms with van der Waals surface area (Å²) in [5.74, 6) is 1.32. The van der Waals surface area contributed by atoms with Crippen LogP contribution in [0.25, 0.3) is 6.08 Å². The number of amides is 1. The molecule has 1 aliphatic heterocycles. The highest BCUT2D eigenvalue weighted by molar-refractivity contribution is 9.10. The summed E-state index contributed by atoms with van der Waals surface area (Å²) in [6.45, 7) is 5.50. The molecule has 0 unspecified atom stereocenters. The topological polar surface area (TPSA) is 38.8 Å². The fraction of sp³-hybridized carbons (Fsp3) is 0.273. The largest absolute Gasteiger partial charge is 0.493 e. The average molecular weight is 492 g/mol. The minimum absolute atomic E-state index is 0.0663. The van der Waals surface area contributed by atoms with Crippen molar-refractivity contribution in [1.29, 1.82) is 0 Å². The van der Waals surface area contributed by atoms with E-state index in [1.807, 2.05) is 50.3 Å². The summed E-state index contributed by atoms with van der Waals surface area (Å²) < 4.78 is 12.8. The smallest absolute Gasteiger partial charge is 0.266 e. The molecule has 152 valence electrons. The third-order valence-electron chi connectivity index (χ3n) is 4.29. The lowest BCUT2D eigenvalue weighted by molar-refractivity contribution is -0.122. The van der Waals surface area contributed by atoms with Crippen molar-refractivity contribution in [2.75, 3.05) is 19.8 Å². The minimum atomic E-state index is -0.0663. The minimum Gasteiger partial charge on any atom is -0.493 e. The number of halogens is 1. The molecule has 0 atom stereocenters. The lowest BCUT2D eigenvalue weighted by Gasteiger charge is -2.14. The molecule has 1 amide bonds. The van der Waals surface area contributed by atoms with Crippen LogP contribution in [0.2, 0.25) is 0 Å². The number of rotatable bonds is 8. The van der Waals surface area contributed by atoms with Gasteiger partial charge < -0.3 is 9.47 Å². The van der Waals surface area contributed by atoms with Gasteiger partial charge in [-0.3, -0.25) is 9.69 Å². The first-order valence-corrected chi connectivity index (χ1v) is 11.4. The summed E-state index contributed by atoms with van der Waals surface area (Å²) in [6.07, 6.45) is 2.60. The van der Waals surface area contributed by atoms with E-state index in [4.69, 9.17) is 21.7 Å². The number of thioether (sulfide) groups is 1. The maximum Gasteiger partial charge on any atom is 0.266 e. The van der Waals surface area contributed by atoms with E-state index < -0.39 is 0 Å². The van der Waals surface area contributed by atoms with Gasteiger partial charge in [0.25, 0.3) is 5.91 Å². The first kappa shape index (κ1) is 21.9. The molecule has 0 aromatic heterocycles. The molecule has 0 N–H and O–H groups in total. The van der Waals surface area contributed by atoms with Crippen molar-refractivity contribution in [2.45, 2.75) is 20.3 Å². The highest BCUT2D eigenvalue weighted by atomic mass is 79.9. The van der Waals surface area contributed by atoms with Crippen LogP contribution in [0.1, 0.15) is 25.0 Å². The van der Waals surface area contributed by atoms with Crippen LogP contribution >= 0.6 is 39.9 Å². The SMILES string of the molecule is CCOc1cc(OCC)c(/C=C2\SC(=S)N(CCc3ccccc3)C2=O)cc1Br. The molecule has 2 aromatic carbocycles. The van der Waals surface area contributed by atoms with Gasteiger partial charge in [0.15, 0.2) is 0 Å². The van der Waals surface area contributed by atoms with Crippen molar-refractivity contribution >= 4 is 56.2 Å². The Bertz CT molecular complexity index is 931. The number of ether oxygens (including phenoxy) is 2. The molecule has 1 heterocycles. The van der Waals surface area contributed by atoms with Crippen LogP contribution < -0.4 is 9.47 Å². The van der Waals surface area contributed by atoms with Gasteiger partial charge in [0, 0.05) is 18.2 Å². The Morgan fingerprint density at radius 1 is 1.10 bits per heavy atom. The highest BCUT2D eigenvalue weighted by Gasteiger charge is 2.32. The Morgan fingerprint density at radius 3 is 2.48 bits per heavy atom. The zero-order valence-corrected chi connectivity index (χ0v) is 19.5. The van der Waals surface area contributed by atoms with Crippen LogP contribution in [0.5, 0.6) is 11.5 Å². The van der Waals surface area contributed by atoms with Crippen LogP contribution in [0.15, 0.2) is 51.8 Å². The first-order chi connectivity index (χ1) is 14.0. The number of nitrogens with zero attached hydrogens (tertiary/aromatic N) is 1. The van der Waals surface area contributed by atoms with Crippen molar-refractivity contribution in [3.8, 4) is 11.5 Å². The van der Waals surface area contributed by atoms with Gasteiger partial charge in [-0.2, -0.15) is 0 Å². The number of carbonyl (C=O) groups excluding carboxylic acids is 1. The Labute approximate surface area is 189 Å². The fourth-order valence-electron chi connectivity index (χ4n) is 2.93. The molecule has 7 heteroatoms. The van der Waals surface area contributed by atoms with Crippen LogP contribution in [-0.2, 0) is 11.2 Å². The lowest BCUT2D eigenvalue weighted by atomic mass is 10.1. The summed E-state index contributed by atoms with van der Waals surface area (Å²) in [4.78, 5) is 15.2. The molecule has 3 rings (SSSR count). The van der Waals surface area contributed by atoms with Crippen LogP contribution in [0.4, 0.5) is 0 Å². The zero-order chi connectivity index (χ0) is 20.8. The van der Waals surface area contributed by atoms with E-state index in [0.29, 0.717) is 40.5 Å². The third-order valence-corrected chi connectivity index (χ3v) is 6.29. The van der Waals surface area contributed by atoms with E-state index in [-0.39, 0.29) is 5.91 Å². The predicted molar refractivity (Wildman–Crippen MR) is 127 cm³/mol. The Hall–Kier alpha value is -1.83. The summed E-state index contributed by atoms with van der Waals surface area (Å²) in [5.41, 5.74) is 1.99. The van der Waals surface area contributed by atoms with Crippen molar-refractivity contribution in [3.63, 3.8) is 0 Å². The first-order valence-electron chi connectivity index (χ1n) is 9.42. The van der Waals surface area contributed by atoms with Gasteiger partial charge >= 0.3 is 0 Å². The summed E-state index contributed by atoms with van der Waals surface area (Å²) in [7, 11) is 0. The fourth-order valence-corrected chi connectivity index (χ4v) is 4.70. The second-order valence-electron chi connectivity index (χ2n) is 6.26. The molecule has 2 aromatic rings. The van der Waals surface area contributed by atoms with Gasteiger partial charge in [-0.05, 0) is 53.9 Å². The van der Waals surface area contributed by atoms with Crippen molar-refractivity contribution < 1.29 is 14.3 Å². The van der Waals surface area contributed by atoms with Crippen LogP contribution in [0, 0.1) is 0 Å². The molecule has 0 bridgehead atoms. The molecular formula is C22H22BrNO3S2. The average Bonchev–Trinajstić information content (AvgIpc) is 2.97. The monoisotopic (exact) mass is 491 g/mol.